The lowest BCUT2D eigenvalue weighted by Gasteiger charge is -2.34. The summed E-state index contributed by atoms with van der Waals surface area (Å²) in [5.41, 5.74) is 2.27. The third-order valence-electron chi connectivity index (χ3n) is 5.03. The number of carbonyl (C=O) groups is 1. The second-order valence-electron chi connectivity index (χ2n) is 6.89. The Morgan fingerprint density at radius 3 is 2.50 bits per heavy atom. The summed E-state index contributed by atoms with van der Waals surface area (Å²) in [7, 11) is 0. The van der Waals surface area contributed by atoms with Crippen LogP contribution in [0.3, 0.4) is 0 Å². The molecule has 1 aromatic carbocycles. The molecule has 4 rings (SSSR count). The first-order chi connectivity index (χ1) is 13.6. The molecule has 1 saturated heterocycles. The van der Waals surface area contributed by atoms with E-state index in [9.17, 15) is 9.59 Å². The molecule has 1 amide bonds. The molecular weight excluding hydrogens is 356 g/mol. The van der Waals surface area contributed by atoms with E-state index in [0.717, 1.165) is 19.6 Å². The van der Waals surface area contributed by atoms with Crippen LogP contribution in [0.4, 0.5) is 0 Å². The van der Waals surface area contributed by atoms with Gasteiger partial charge in [0.2, 0.25) is 0 Å². The van der Waals surface area contributed by atoms with E-state index in [2.05, 4.69) is 32.3 Å². The van der Waals surface area contributed by atoms with Crippen molar-refractivity contribution < 1.29 is 4.79 Å². The van der Waals surface area contributed by atoms with Crippen molar-refractivity contribution in [2.24, 2.45) is 0 Å². The van der Waals surface area contributed by atoms with Crippen LogP contribution in [0.1, 0.15) is 21.6 Å². The Morgan fingerprint density at radius 2 is 1.82 bits per heavy atom. The summed E-state index contributed by atoms with van der Waals surface area (Å²) >= 11 is 0. The first-order valence-electron chi connectivity index (χ1n) is 9.28. The average molecular weight is 378 g/mol. The van der Waals surface area contributed by atoms with Gasteiger partial charge in [-0.2, -0.15) is 10.2 Å². The van der Waals surface area contributed by atoms with Crippen LogP contribution < -0.4 is 5.56 Å². The monoisotopic (exact) mass is 378 g/mol. The van der Waals surface area contributed by atoms with Crippen molar-refractivity contribution in [2.75, 3.05) is 26.2 Å². The number of amides is 1. The van der Waals surface area contributed by atoms with E-state index in [-0.39, 0.29) is 11.5 Å². The molecule has 0 spiro atoms. The van der Waals surface area contributed by atoms with Crippen LogP contribution in [0, 0.1) is 6.92 Å². The highest BCUT2D eigenvalue weighted by Crippen LogP contribution is 2.16. The van der Waals surface area contributed by atoms with Gasteiger partial charge in [-0.3, -0.25) is 14.5 Å². The molecule has 144 valence electrons. The number of aromatic nitrogens is 4. The largest absolute Gasteiger partial charge is 0.336 e. The molecule has 8 nitrogen and oxygen atoms in total. The van der Waals surface area contributed by atoms with Gasteiger partial charge in [0, 0.05) is 38.8 Å². The van der Waals surface area contributed by atoms with Crippen LogP contribution in [-0.2, 0) is 6.54 Å². The molecule has 2 aromatic heterocycles. The van der Waals surface area contributed by atoms with E-state index in [1.54, 1.807) is 16.9 Å². The van der Waals surface area contributed by atoms with Gasteiger partial charge in [0.05, 0.1) is 17.5 Å². The van der Waals surface area contributed by atoms with Crippen molar-refractivity contribution in [2.45, 2.75) is 13.5 Å². The molecule has 0 saturated carbocycles. The Bertz CT molecular complexity index is 998. The Labute approximate surface area is 162 Å². The smallest absolute Gasteiger partial charge is 0.264 e. The predicted octanol–water partition coefficient (Wildman–Crippen LogP) is 1.22. The maximum Gasteiger partial charge on any atom is 0.264 e. The molecule has 0 aliphatic carbocycles. The molecule has 1 aliphatic heterocycles. The highest BCUT2D eigenvalue weighted by Gasteiger charge is 2.25. The number of carbonyl (C=O) groups excluding carboxylic acids is 1. The highest BCUT2D eigenvalue weighted by atomic mass is 16.2. The topological polar surface area (TPSA) is 87.1 Å². The second-order valence-corrected chi connectivity index (χ2v) is 6.89. The summed E-state index contributed by atoms with van der Waals surface area (Å²) in [6.07, 6.45) is 1.57. The molecular formula is C20H22N6O2. The maximum absolute atomic E-state index is 13.0. The second kappa shape index (κ2) is 7.77. The summed E-state index contributed by atoms with van der Waals surface area (Å²) in [6.45, 7) is 5.79. The molecule has 1 aliphatic rings. The molecule has 8 heteroatoms. The van der Waals surface area contributed by atoms with Gasteiger partial charge in [-0.05, 0) is 18.6 Å². The van der Waals surface area contributed by atoms with Gasteiger partial charge in [-0.1, -0.05) is 30.3 Å². The molecule has 28 heavy (non-hydrogen) atoms. The van der Waals surface area contributed by atoms with Gasteiger partial charge in [0.25, 0.3) is 11.5 Å². The number of nitrogens with zero attached hydrogens (tertiary/aromatic N) is 5. The molecule has 0 atom stereocenters. The minimum atomic E-state index is -0.279. The lowest BCUT2D eigenvalue weighted by molar-refractivity contribution is 0.0627. The number of benzene rings is 1. The van der Waals surface area contributed by atoms with Gasteiger partial charge in [0.1, 0.15) is 0 Å². The summed E-state index contributed by atoms with van der Waals surface area (Å²) in [4.78, 5) is 28.4. The predicted molar refractivity (Wildman–Crippen MR) is 104 cm³/mol. The zero-order valence-corrected chi connectivity index (χ0v) is 15.7. The van der Waals surface area contributed by atoms with E-state index < -0.39 is 0 Å². The van der Waals surface area contributed by atoms with Gasteiger partial charge >= 0.3 is 0 Å². The molecule has 0 radical (unpaired) electrons. The Morgan fingerprint density at radius 1 is 1.07 bits per heavy atom. The fourth-order valence-corrected chi connectivity index (χ4v) is 3.43. The van der Waals surface area contributed by atoms with Crippen LogP contribution in [0.15, 0.2) is 53.5 Å². The van der Waals surface area contributed by atoms with E-state index in [4.69, 9.17) is 0 Å². The van der Waals surface area contributed by atoms with Gasteiger partial charge < -0.3 is 4.90 Å². The summed E-state index contributed by atoms with van der Waals surface area (Å²) in [5.74, 6) is 0.455. The number of hydrogen-bond acceptors (Lipinski definition) is 5. The van der Waals surface area contributed by atoms with Crippen molar-refractivity contribution in [3.63, 3.8) is 0 Å². The van der Waals surface area contributed by atoms with Crippen molar-refractivity contribution in [1.29, 1.82) is 0 Å². The third-order valence-corrected chi connectivity index (χ3v) is 5.03. The molecule has 1 fully saturated rings. The SMILES string of the molecule is Cc1c(C(=O)N2CCN(Cc3ccccc3)CC2)cnn1-c1ccc(=O)[nH]n1. The van der Waals surface area contributed by atoms with Crippen molar-refractivity contribution >= 4 is 5.91 Å². The number of rotatable bonds is 4. The Balaban J connectivity index is 1.42. The minimum absolute atomic E-state index is 0.0208. The molecule has 0 bridgehead atoms. The maximum atomic E-state index is 13.0. The zero-order valence-electron chi connectivity index (χ0n) is 15.7. The summed E-state index contributed by atoms with van der Waals surface area (Å²) in [6, 6.07) is 13.3. The van der Waals surface area contributed by atoms with Crippen LogP contribution in [0.25, 0.3) is 5.82 Å². The number of piperazine rings is 1. The Kier molecular flexibility index (Phi) is 5.03. The van der Waals surface area contributed by atoms with Crippen LogP contribution in [0.2, 0.25) is 0 Å². The average Bonchev–Trinajstić information content (AvgIpc) is 3.11. The number of nitrogens with one attached hydrogen (secondary N) is 1. The van der Waals surface area contributed by atoms with Crippen molar-refractivity contribution in [3.05, 3.63) is 75.8 Å². The third kappa shape index (κ3) is 3.72. The lowest BCUT2D eigenvalue weighted by Crippen LogP contribution is -2.48. The van der Waals surface area contributed by atoms with E-state index in [1.807, 2.05) is 30.0 Å². The van der Waals surface area contributed by atoms with Crippen LogP contribution >= 0.6 is 0 Å². The van der Waals surface area contributed by atoms with E-state index >= 15 is 0 Å². The van der Waals surface area contributed by atoms with E-state index in [0.29, 0.717) is 30.2 Å². The van der Waals surface area contributed by atoms with Gasteiger partial charge in [0.15, 0.2) is 5.82 Å². The molecule has 3 heterocycles. The standard InChI is InChI=1S/C20H22N6O2/c1-15-17(13-21-26(15)18-7-8-19(27)23-22-18)20(28)25-11-9-24(10-12-25)14-16-5-3-2-4-6-16/h2-8,13H,9-12,14H2,1H3,(H,23,27). The first kappa shape index (κ1) is 18.1. The normalized spacial score (nSPS) is 15.0. The first-order valence-corrected chi connectivity index (χ1v) is 9.28. The highest BCUT2D eigenvalue weighted by molar-refractivity contribution is 5.95. The molecule has 1 N–H and O–H groups in total. The van der Waals surface area contributed by atoms with Crippen LogP contribution in [0.5, 0.6) is 0 Å². The van der Waals surface area contributed by atoms with Crippen LogP contribution in [-0.4, -0.2) is 61.9 Å². The fraction of sp³-hybridized carbons (Fsp3) is 0.300. The lowest BCUT2D eigenvalue weighted by atomic mass is 10.1. The summed E-state index contributed by atoms with van der Waals surface area (Å²) < 4.78 is 1.56. The zero-order chi connectivity index (χ0) is 19.5. The number of aromatic amines is 1. The van der Waals surface area contributed by atoms with Crippen molar-refractivity contribution in [3.8, 4) is 5.82 Å². The van der Waals surface area contributed by atoms with Gasteiger partial charge in [-0.25, -0.2) is 9.78 Å². The summed E-state index contributed by atoms with van der Waals surface area (Å²) in [5, 5.41) is 10.6. The quantitative estimate of drug-likeness (QED) is 0.738. The van der Waals surface area contributed by atoms with E-state index in [1.165, 1.54) is 11.6 Å². The molecule has 0 unspecified atom stereocenters. The minimum Gasteiger partial charge on any atom is -0.336 e. The molecule has 3 aromatic rings. The van der Waals surface area contributed by atoms with Gasteiger partial charge in [-0.15, -0.1) is 0 Å². The fourth-order valence-electron chi connectivity index (χ4n) is 3.43. The Hall–Kier alpha value is -3.26. The number of hydrogen-bond donors (Lipinski definition) is 1. The number of H-pyrrole nitrogens is 1. The van der Waals surface area contributed by atoms with Crippen molar-refractivity contribution in [1.82, 2.24) is 29.8 Å².